The molecule has 2 atom stereocenters. The van der Waals surface area contributed by atoms with Gasteiger partial charge >= 0.3 is 5.69 Å². The molecule has 1 aliphatic rings. The molecule has 3 N–H and O–H groups in total. The molecule has 1 saturated carbocycles. The van der Waals surface area contributed by atoms with Crippen molar-refractivity contribution in [2.75, 3.05) is 12.4 Å². The Bertz CT molecular complexity index is 468. The number of hydrogen-bond donors (Lipinski definition) is 2. The SMILES string of the molecule is COc1ncnc(NC2CCCCC2N)c1[N+](=O)[O-]. The predicted octanol–water partition coefficient (Wildman–Crippen LogP) is 1.08. The summed E-state index contributed by atoms with van der Waals surface area (Å²) in [4.78, 5) is 18.2. The molecule has 0 radical (unpaired) electrons. The second-order valence-corrected chi connectivity index (χ2v) is 4.54. The smallest absolute Gasteiger partial charge is 0.372 e. The molecule has 1 heterocycles. The fourth-order valence-corrected chi connectivity index (χ4v) is 2.30. The highest BCUT2D eigenvalue weighted by molar-refractivity contribution is 5.61. The monoisotopic (exact) mass is 267 g/mol. The van der Waals surface area contributed by atoms with Gasteiger partial charge in [-0.2, -0.15) is 4.98 Å². The number of nitrogens with one attached hydrogen (secondary N) is 1. The largest absolute Gasteiger partial charge is 0.476 e. The number of aromatic nitrogens is 2. The van der Waals surface area contributed by atoms with E-state index in [-0.39, 0.29) is 29.5 Å². The zero-order chi connectivity index (χ0) is 13.8. The fourth-order valence-electron chi connectivity index (χ4n) is 2.30. The first-order valence-corrected chi connectivity index (χ1v) is 6.19. The third kappa shape index (κ3) is 2.90. The molecule has 0 aromatic carbocycles. The first-order chi connectivity index (χ1) is 9.13. The third-order valence-corrected chi connectivity index (χ3v) is 3.31. The van der Waals surface area contributed by atoms with Gasteiger partial charge in [-0.15, -0.1) is 0 Å². The van der Waals surface area contributed by atoms with Gasteiger partial charge in [-0.05, 0) is 12.8 Å². The summed E-state index contributed by atoms with van der Waals surface area (Å²) in [5.74, 6) is 0.117. The second-order valence-electron chi connectivity index (χ2n) is 4.54. The predicted molar refractivity (Wildman–Crippen MR) is 69.1 cm³/mol. The van der Waals surface area contributed by atoms with E-state index in [2.05, 4.69) is 15.3 Å². The maximum Gasteiger partial charge on any atom is 0.372 e. The molecule has 0 bridgehead atoms. The van der Waals surface area contributed by atoms with Crippen molar-refractivity contribution in [3.63, 3.8) is 0 Å². The topological polar surface area (TPSA) is 116 Å². The minimum absolute atomic E-state index is 0.00736. The van der Waals surface area contributed by atoms with Gasteiger partial charge in [0.15, 0.2) is 0 Å². The molecule has 0 saturated heterocycles. The molecule has 1 aromatic rings. The summed E-state index contributed by atoms with van der Waals surface area (Å²) in [6.07, 6.45) is 5.18. The Labute approximate surface area is 110 Å². The van der Waals surface area contributed by atoms with E-state index in [0.29, 0.717) is 0 Å². The average Bonchev–Trinajstić information content (AvgIpc) is 2.40. The maximum absolute atomic E-state index is 11.1. The summed E-state index contributed by atoms with van der Waals surface area (Å²) < 4.78 is 4.90. The normalized spacial score (nSPS) is 22.8. The number of nitrogens with zero attached hydrogens (tertiary/aromatic N) is 3. The van der Waals surface area contributed by atoms with Gasteiger partial charge in [-0.1, -0.05) is 12.8 Å². The van der Waals surface area contributed by atoms with Crippen molar-refractivity contribution in [1.82, 2.24) is 9.97 Å². The number of methoxy groups -OCH3 is 1. The summed E-state index contributed by atoms with van der Waals surface area (Å²) in [6.45, 7) is 0. The van der Waals surface area contributed by atoms with Crippen LogP contribution in [0.1, 0.15) is 25.7 Å². The van der Waals surface area contributed by atoms with Crippen LogP contribution in [-0.2, 0) is 0 Å². The van der Waals surface area contributed by atoms with E-state index in [0.717, 1.165) is 25.7 Å². The van der Waals surface area contributed by atoms with Crippen LogP contribution in [0.15, 0.2) is 6.33 Å². The quantitative estimate of drug-likeness (QED) is 0.619. The molecule has 104 valence electrons. The maximum atomic E-state index is 11.1. The van der Waals surface area contributed by atoms with E-state index >= 15 is 0 Å². The molecule has 1 aromatic heterocycles. The first-order valence-electron chi connectivity index (χ1n) is 6.19. The Morgan fingerprint density at radius 2 is 2.21 bits per heavy atom. The van der Waals surface area contributed by atoms with Gasteiger partial charge in [0.25, 0.3) is 5.88 Å². The zero-order valence-electron chi connectivity index (χ0n) is 10.7. The van der Waals surface area contributed by atoms with Crippen LogP contribution in [0.2, 0.25) is 0 Å². The molecule has 2 unspecified atom stereocenters. The number of nitro groups is 1. The van der Waals surface area contributed by atoms with Crippen molar-refractivity contribution in [3.8, 4) is 5.88 Å². The molecular formula is C11H17N5O3. The van der Waals surface area contributed by atoms with E-state index in [9.17, 15) is 10.1 Å². The van der Waals surface area contributed by atoms with Crippen molar-refractivity contribution < 1.29 is 9.66 Å². The van der Waals surface area contributed by atoms with E-state index in [1.807, 2.05) is 0 Å². The van der Waals surface area contributed by atoms with E-state index in [1.54, 1.807) is 0 Å². The van der Waals surface area contributed by atoms with Crippen LogP contribution in [0.4, 0.5) is 11.5 Å². The van der Waals surface area contributed by atoms with Crippen molar-refractivity contribution in [2.24, 2.45) is 5.73 Å². The lowest BCUT2D eigenvalue weighted by atomic mass is 9.91. The van der Waals surface area contributed by atoms with Crippen molar-refractivity contribution in [1.29, 1.82) is 0 Å². The van der Waals surface area contributed by atoms with Gasteiger partial charge in [0, 0.05) is 12.1 Å². The highest BCUT2D eigenvalue weighted by Gasteiger charge is 2.28. The standard InChI is InChI=1S/C11H17N5O3/c1-19-11-9(16(17)18)10(13-6-14-11)15-8-5-3-2-4-7(8)12/h6-8H,2-5,12H2,1H3,(H,13,14,15). The molecule has 19 heavy (non-hydrogen) atoms. The Hall–Kier alpha value is -1.96. The number of ether oxygens (including phenoxy) is 1. The van der Waals surface area contributed by atoms with Crippen LogP contribution < -0.4 is 15.8 Å². The molecule has 0 aliphatic heterocycles. The van der Waals surface area contributed by atoms with Crippen molar-refractivity contribution in [3.05, 3.63) is 16.4 Å². The van der Waals surface area contributed by atoms with Gasteiger partial charge < -0.3 is 15.8 Å². The van der Waals surface area contributed by atoms with E-state index in [4.69, 9.17) is 10.5 Å². The first kappa shape index (κ1) is 13.5. The minimum atomic E-state index is -0.546. The second kappa shape index (κ2) is 5.79. The van der Waals surface area contributed by atoms with Gasteiger partial charge in [0.1, 0.15) is 6.33 Å². The molecule has 2 rings (SSSR count). The van der Waals surface area contributed by atoms with E-state index < -0.39 is 4.92 Å². The highest BCUT2D eigenvalue weighted by atomic mass is 16.6. The van der Waals surface area contributed by atoms with Gasteiger partial charge in [0.05, 0.1) is 12.0 Å². The zero-order valence-corrected chi connectivity index (χ0v) is 10.7. The minimum Gasteiger partial charge on any atom is -0.476 e. The van der Waals surface area contributed by atoms with Gasteiger partial charge in [-0.25, -0.2) is 4.98 Å². The summed E-state index contributed by atoms with van der Waals surface area (Å²) in [6, 6.07) is -0.0265. The lowest BCUT2D eigenvalue weighted by molar-refractivity contribution is -0.385. The summed E-state index contributed by atoms with van der Waals surface area (Å²) in [7, 11) is 1.34. The van der Waals surface area contributed by atoms with Crippen LogP contribution in [0, 0.1) is 10.1 Å². The Morgan fingerprint density at radius 1 is 1.47 bits per heavy atom. The van der Waals surface area contributed by atoms with Crippen LogP contribution in [0.5, 0.6) is 5.88 Å². The molecular weight excluding hydrogens is 250 g/mol. The lowest BCUT2D eigenvalue weighted by Gasteiger charge is -2.29. The van der Waals surface area contributed by atoms with Crippen LogP contribution >= 0.6 is 0 Å². The van der Waals surface area contributed by atoms with Crippen molar-refractivity contribution in [2.45, 2.75) is 37.8 Å². The lowest BCUT2D eigenvalue weighted by Crippen LogP contribution is -2.42. The number of nitrogens with two attached hydrogens (primary N) is 1. The van der Waals surface area contributed by atoms with E-state index in [1.165, 1.54) is 13.4 Å². The number of rotatable bonds is 4. The summed E-state index contributed by atoms with van der Waals surface area (Å²) >= 11 is 0. The molecule has 1 aliphatic carbocycles. The van der Waals surface area contributed by atoms with Crippen LogP contribution in [0.3, 0.4) is 0 Å². The Morgan fingerprint density at radius 3 is 2.84 bits per heavy atom. The van der Waals surface area contributed by atoms with Crippen LogP contribution in [0.25, 0.3) is 0 Å². The molecule has 1 fully saturated rings. The number of anilines is 1. The Kier molecular flexibility index (Phi) is 4.10. The van der Waals surface area contributed by atoms with Crippen molar-refractivity contribution >= 4 is 11.5 Å². The third-order valence-electron chi connectivity index (χ3n) is 3.31. The van der Waals surface area contributed by atoms with Gasteiger partial charge in [-0.3, -0.25) is 10.1 Å². The van der Waals surface area contributed by atoms with Gasteiger partial charge in [0.2, 0.25) is 5.82 Å². The fraction of sp³-hybridized carbons (Fsp3) is 0.636. The summed E-state index contributed by atoms with van der Waals surface area (Å²) in [5.41, 5.74) is 5.77. The molecule has 8 heteroatoms. The van der Waals surface area contributed by atoms with Crippen LogP contribution in [-0.4, -0.2) is 34.1 Å². The highest BCUT2D eigenvalue weighted by Crippen LogP contribution is 2.32. The summed E-state index contributed by atoms with van der Waals surface area (Å²) in [5, 5.41) is 14.2. The number of hydrogen-bond acceptors (Lipinski definition) is 7. The average molecular weight is 267 g/mol. The molecule has 8 nitrogen and oxygen atoms in total. The molecule has 0 amide bonds. The molecule has 0 spiro atoms. The Balaban J connectivity index is 2.26.